The fourth-order valence-electron chi connectivity index (χ4n) is 5.71. The molecule has 0 saturated carbocycles. The van der Waals surface area contributed by atoms with Crippen LogP contribution in [0.3, 0.4) is 0 Å². The van der Waals surface area contributed by atoms with E-state index in [0.29, 0.717) is 24.9 Å². The van der Waals surface area contributed by atoms with Crippen molar-refractivity contribution in [2.45, 2.75) is 47.1 Å². The van der Waals surface area contributed by atoms with Crippen molar-refractivity contribution in [3.05, 3.63) is 87.6 Å². The lowest BCUT2D eigenvalue weighted by Gasteiger charge is -2.38. The first-order chi connectivity index (χ1) is 17.8. The predicted octanol–water partition coefficient (Wildman–Crippen LogP) is 4.72. The molecule has 192 valence electrons. The van der Waals surface area contributed by atoms with Gasteiger partial charge in [-0.25, -0.2) is 0 Å². The maximum Gasteiger partial charge on any atom is 0.281 e. The molecule has 1 aliphatic rings. The SMILES string of the molecule is CCC(C(=O)N1CCN(c2cc(C)ccc2C)CC1)n1c(C)c2cnn(-c3ccccc3)c(=O)c2c1C. The van der Waals surface area contributed by atoms with Crippen LogP contribution in [0, 0.1) is 27.7 Å². The van der Waals surface area contributed by atoms with Gasteiger partial charge in [-0.2, -0.15) is 9.78 Å². The Hall–Kier alpha value is -3.87. The van der Waals surface area contributed by atoms with Crippen LogP contribution in [0.25, 0.3) is 16.5 Å². The molecular weight excluding hydrogens is 462 g/mol. The number of piperazine rings is 1. The van der Waals surface area contributed by atoms with E-state index < -0.39 is 0 Å². The Labute approximate surface area is 217 Å². The van der Waals surface area contributed by atoms with Gasteiger partial charge in [0.15, 0.2) is 0 Å². The molecule has 1 atom stereocenters. The molecule has 0 bridgehead atoms. The monoisotopic (exact) mass is 497 g/mol. The average molecular weight is 498 g/mol. The molecule has 37 heavy (non-hydrogen) atoms. The molecule has 0 aliphatic carbocycles. The highest BCUT2D eigenvalue weighted by Gasteiger charge is 2.31. The Balaban J connectivity index is 1.43. The van der Waals surface area contributed by atoms with Crippen molar-refractivity contribution in [2.24, 2.45) is 0 Å². The van der Waals surface area contributed by atoms with Crippen LogP contribution in [-0.4, -0.2) is 51.3 Å². The van der Waals surface area contributed by atoms with E-state index in [1.165, 1.54) is 21.5 Å². The number of carbonyl (C=O) groups excluding carboxylic acids is 1. The van der Waals surface area contributed by atoms with E-state index in [4.69, 9.17) is 0 Å². The van der Waals surface area contributed by atoms with Gasteiger partial charge in [0.2, 0.25) is 5.91 Å². The quantitative estimate of drug-likeness (QED) is 0.400. The molecule has 2 aromatic carbocycles. The summed E-state index contributed by atoms with van der Waals surface area (Å²) < 4.78 is 3.50. The molecule has 1 fully saturated rings. The van der Waals surface area contributed by atoms with E-state index in [2.05, 4.69) is 46.6 Å². The number of amides is 1. The molecule has 0 radical (unpaired) electrons. The lowest BCUT2D eigenvalue weighted by molar-refractivity contribution is -0.135. The Morgan fingerprint density at radius 1 is 0.946 bits per heavy atom. The number of carbonyl (C=O) groups is 1. The van der Waals surface area contributed by atoms with Gasteiger partial charge in [-0.05, 0) is 63.4 Å². The van der Waals surface area contributed by atoms with Crippen molar-refractivity contribution < 1.29 is 4.79 Å². The molecule has 5 rings (SSSR count). The Morgan fingerprint density at radius 3 is 2.32 bits per heavy atom. The second-order valence-electron chi connectivity index (χ2n) is 10.1. The average Bonchev–Trinajstić information content (AvgIpc) is 3.17. The van der Waals surface area contributed by atoms with Gasteiger partial charge < -0.3 is 14.4 Å². The zero-order valence-corrected chi connectivity index (χ0v) is 22.4. The zero-order chi connectivity index (χ0) is 26.3. The summed E-state index contributed by atoms with van der Waals surface area (Å²) >= 11 is 0. The highest BCUT2D eigenvalue weighted by molar-refractivity contribution is 5.89. The number of para-hydroxylation sites is 1. The van der Waals surface area contributed by atoms with Gasteiger partial charge in [-0.15, -0.1) is 0 Å². The van der Waals surface area contributed by atoms with Crippen LogP contribution in [0.5, 0.6) is 0 Å². The lowest BCUT2D eigenvalue weighted by Crippen LogP contribution is -2.51. The standard InChI is InChI=1S/C30H35N5O2/c1-6-26(29(36)33-16-14-32(15-17-33)27-18-20(2)12-13-21(27)3)34-22(4)25-19-31-35(24-10-8-7-9-11-24)30(37)28(25)23(34)5/h7-13,18-19,26H,6,14-17H2,1-5H3. The summed E-state index contributed by atoms with van der Waals surface area (Å²) in [4.78, 5) is 31.7. The highest BCUT2D eigenvalue weighted by atomic mass is 16.2. The number of anilines is 1. The van der Waals surface area contributed by atoms with Crippen molar-refractivity contribution in [2.75, 3.05) is 31.1 Å². The van der Waals surface area contributed by atoms with Gasteiger partial charge in [0.1, 0.15) is 6.04 Å². The molecule has 4 aromatic rings. The maximum atomic E-state index is 13.8. The fourth-order valence-corrected chi connectivity index (χ4v) is 5.71. The summed E-state index contributed by atoms with van der Waals surface area (Å²) in [7, 11) is 0. The van der Waals surface area contributed by atoms with Crippen molar-refractivity contribution in [3.63, 3.8) is 0 Å². The first kappa shape index (κ1) is 24.8. The number of aromatic nitrogens is 3. The van der Waals surface area contributed by atoms with Crippen LogP contribution in [0.4, 0.5) is 5.69 Å². The third kappa shape index (κ3) is 4.32. The first-order valence-electron chi connectivity index (χ1n) is 13.1. The maximum absolute atomic E-state index is 13.8. The molecule has 1 aliphatic heterocycles. The summed E-state index contributed by atoms with van der Waals surface area (Å²) in [5.74, 6) is 0.117. The Kier molecular flexibility index (Phi) is 6.63. The van der Waals surface area contributed by atoms with Gasteiger partial charge >= 0.3 is 0 Å². The normalized spacial score (nSPS) is 14.8. The molecule has 7 heteroatoms. The van der Waals surface area contributed by atoms with E-state index >= 15 is 0 Å². The molecule has 2 aromatic heterocycles. The molecule has 7 nitrogen and oxygen atoms in total. The number of nitrogens with zero attached hydrogens (tertiary/aromatic N) is 5. The molecule has 0 spiro atoms. The Bertz CT molecular complexity index is 1510. The van der Waals surface area contributed by atoms with Gasteiger partial charge in [-0.3, -0.25) is 9.59 Å². The van der Waals surface area contributed by atoms with Crippen LogP contribution in [-0.2, 0) is 4.79 Å². The van der Waals surface area contributed by atoms with Crippen LogP contribution >= 0.6 is 0 Å². The summed E-state index contributed by atoms with van der Waals surface area (Å²) in [5.41, 5.74) is 6.06. The van der Waals surface area contributed by atoms with Gasteiger partial charge in [-0.1, -0.05) is 37.3 Å². The van der Waals surface area contributed by atoms with E-state index in [1.54, 1.807) is 6.20 Å². The van der Waals surface area contributed by atoms with Crippen LogP contribution < -0.4 is 10.5 Å². The molecule has 0 N–H and O–H groups in total. The topological polar surface area (TPSA) is 63.4 Å². The van der Waals surface area contributed by atoms with Crippen molar-refractivity contribution >= 4 is 22.4 Å². The molecule has 1 saturated heterocycles. The van der Waals surface area contributed by atoms with E-state index in [-0.39, 0.29) is 17.5 Å². The minimum atomic E-state index is -0.357. The number of aryl methyl sites for hydroxylation is 4. The number of fused-ring (bicyclic) bond motifs is 1. The molecule has 1 unspecified atom stereocenters. The minimum Gasteiger partial charge on any atom is -0.368 e. The largest absolute Gasteiger partial charge is 0.368 e. The third-order valence-electron chi connectivity index (χ3n) is 7.73. The van der Waals surface area contributed by atoms with Crippen LogP contribution in [0.15, 0.2) is 59.5 Å². The lowest BCUT2D eigenvalue weighted by atomic mass is 10.1. The van der Waals surface area contributed by atoms with E-state index in [1.807, 2.05) is 56.0 Å². The Morgan fingerprint density at radius 2 is 1.65 bits per heavy atom. The molecule has 3 heterocycles. The van der Waals surface area contributed by atoms with Crippen molar-refractivity contribution in [1.29, 1.82) is 0 Å². The summed E-state index contributed by atoms with van der Waals surface area (Å²) in [6, 6.07) is 15.6. The van der Waals surface area contributed by atoms with Gasteiger partial charge in [0.25, 0.3) is 5.56 Å². The molecule has 1 amide bonds. The zero-order valence-electron chi connectivity index (χ0n) is 22.4. The summed E-state index contributed by atoms with van der Waals surface area (Å²) in [5, 5.41) is 5.89. The van der Waals surface area contributed by atoms with Crippen molar-refractivity contribution in [3.8, 4) is 5.69 Å². The van der Waals surface area contributed by atoms with Crippen LogP contribution in [0.2, 0.25) is 0 Å². The van der Waals surface area contributed by atoms with Crippen molar-refractivity contribution in [1.82, 2.24) is 19.2 Å². The fraction of sp³-hybridized carbons (Fsp3) is 0.367. The van der Waals surface area contributed by atoms with Gasteiger partial charge in [0, 0.05) is 48.6 Å². The number of hydrogen-bond acceptors (Lipinski definition) is 4. The second-order valence-corrected chi connectivity index (χ2v) is 10.1. The predicted molar refractivity (Wildman–Crippen MR) is 149 cm³/mol. The minimum absolute atomic E-state index is 0.117. The van der Waals surface area contributed by atoms with Crippen LogP contribution in [0.1, 0.15) is 41.9 Å². The van der Waals surface area contributed by atoms with Gasteiger partial charge in [0.05, 0.1) is 17.3 Å². The number of benzene rings is 2. The third-order valence-corrected chi connectivity index (χ3v) is 7.73. The summed E-state index contributed by atoms with van der Waals surface area (Å²) in [6.45, 7) is 13.2. The molecular formula is C30H35N5O2. The van der Waals surface area contributed by atoms with E-state index in [9.17, 15) is 9.59 Å². The highest BCUT2D eigenvalue weighted by Crippen LogP contribution is 2.30. The first-order valence-corrected chi connectivity index (χ1v) is 13.1. The number of hydrogen-bond donors (Lipinski definition) is 0. The summed E-state index contributed by atoms with van der Waals surface area (Å²) in [6.07, 6.45) is 2.40. The van der Waals surface area contributed by atoms with E-state index in [0.717, 1.165) is 35.6 Å². The second kappa shape index (κ2) is 9.88. The smallest absolute Gasteiger partial charge is 0.281 e. The number of rotatable bonds is 5.